The fourth-order valence-corrected chi connectivity index (χ4v) is 4.07. The molecule has 4 rings (SSSR count). The van der Waals surface area contributed by atoms with Crippen molar-refractivity contribution in [2.75, 3.05) is 43.2 Å². The van der Waals surface area contributed by atoms with Crippen molar-refractivity contribution in [1.29, 1.82) is 0 Å². The Balaban J connectivity index is 1.70. The van der Waals surface area contributed by atoms with Crippen LogP contribution < -0.4 is 20.7 Å². The number of hydrogen-bond donors (Lipinski definition) is 2. The van der Waals surface area contributed by atoms with Gasteiger partial charge in [0.25, 0.3) is 5.91 Å². The number of hydrogen-bond acceptors (Lipinski definition) is 6. The number of nitrogen functional groups attached to an aromatic ring is 1. The van der Waals surface area contributed by atoms with Gasteiger partial charge in [-0.25, -0.2) is 4.90 Å². The van der Waals surface area contributed by atoms with E-state index >= 15 is 0 Å². The van der Waals surface area contributed by atoms with Crippen molar-refractivity contribution < 1.29 is 14.3 Å². The van der Waals surface area contributed by atoms with E-state index < -0.39 is 0 Å². The topological polar surface area (TPSA) is 87.9 Å². The molecular weight excluding hydrogens is 440 g/mol. The number of nitrogens with two attached hydrogens (primary N) is 1. The molecule has 7 heteroatoms. The van der Waals surface area contributed by atoms with Crippen LogP contribution in [0.2, 0.25) is 0 Å². The summed E-state index contributed by atoms with van der Waals surface area (Å²) in [7, 11) is 4.08. The van der Waals surface area contributed by atoms with Gasteiger partial charge in [0.2, 0.25) is 5.91 Å². The predicted octanol–water partition coefficient (Wildman–Crippen LogP) is 4.47. The van der Waals surface area contributed by atoms with E-state index in [9.17, 15) is 9.59 Å². The Labute approximate surface area is 205 Å². The van der Waals surface area contributed by atoms with Crippen LogP contribution in [0.1, 0.15) is 24.5 Å². The number of amides is 2. The number of anilines is 3. The quantitative estimate of drug-likeness (QED) is 0.287. The second kappa shape index (κ2) is 10.4. The van der Waals surface area contributed by atoms with Gasteiger partial charge in [0.05, 0.1) is 23.6 Å². The van der Waals surface area contributed by atoms with Crippen molar-refractivity contribution >= 4 is 40.1 Å². The molecule has 0 fully saturated rings. The number of ether oxygens (including phenoxy) is 1. The standard InChI is InChI=1S/C28H30N4O3/c1-19(33)32-25-18-21(29)10-15-24(25)26(28(32)34)27(20-8-5-4-6-9-20)30-22-11-13-23(14-12-22)35-17-7-16-31(2)3/h4-6,8-15,18,30H,7,16-17,29H2,1-3H3/b27-26-. The highest BCUT2D eigenvalue weighted by Gasteiger charge is 2.37. The SMILES string of the molecule is CC(=O)N1C(=O)/C(=C(\Nc2ccc(OCCCN(C)C)cc2)c2ccccc2)c2ccc(N)cc21. The van der Waals surface area contributed by atoms with Crippen molar-refractivity contribution in [3.63, 3.8) is 0 Å². The molecule has 7 nitrogen and oxygen atoms in total. The third-order valence-electron chi connectivity index (χ3n) is 5.72. The molecule has 2 amide bonds. The molecule has 180 valence electrons. The molecule has 3 aromatic rings. The largest absolute Gasteiger partial charge is 0.494 e. The normalized spacial score (nSPS) is 14.2. The number of nitrogens with zero attached hydrogens (tertiary/aromatic N) is 2. The molecule has 0 unspecified atom stereocenters. The molecule has 1 aliphatic heterocycles. The summed E-state index contributed by atoms with van der Waals surface area (Å²) < 4.78 is 5.84. The lowest BCUT2D eigenvalue weighted by Gasteiger charge is -2.16. The number of carbonyl (C=O) groups excluding carboxylic acids is 2. The highest BCUT2D eigenvalue weighted by Crippen LogP contribution is 2.42. The number of rotatable bonds is 8. The molecule has 0 atom stereocenters. The molecule has 0 bridgehead atoms. The maximum absolute atomic E-state index is 13.5. The van der Waals surface area contributed by atoms with Gasteiger partial charge in [-0.1, -0.05) is 30.3 Å². The van der Waals surface area contributed by atoms with Gasteiger partial charge < -0.3 is 20.7 Å². The van der Waals surface area contributed by atoms with Gasteiger partial charge in [0.1, 0.15) is 5.75 Å². The van der Waals surface area contributed by atoms with E-state index in [0.717, 1.165) is 30.0 Å². The van der Waals surface area contributed by atoms with Gasteiger partial charge in [0, 0.05) is 30.4 Å². The molecule has 0 radical (unpaired) electrons. The average Bonchev–Trinajstić information content (AvgIpc) is 3.12. The van der Waals surface area contributed by atoms with Gasteiger partial charge in [-0.15, -0.1) is 0 Å². The maximum Gasteiger partial charge on any atom is 0.267 e. The van der Waals surface area contributed by atoms with Crippen molar-refractivity contribution in [3.8, 4) is 5.75 Å². The van der Waals surface area contributed by atoms with E-state index in [-0.39, 0.29) is 11.8 Å². The van der Waals surface area contributed by atoms with Crippen LogP contribution in [-0.2, 0) is 9.59 Å². The summed E-state index contributed by atoms with van der Waals surface area (Å²) in [5, 5.41) is 3.42. The Morgan fingerprint density at radius 1 is 1.03 bits per heavy atom. The van der Waals surface area contributed by atoms with Crippen molar-refractivity contribution in [2.24, 2.45) is 0 Å². The first-order valence-corrected chi connectivity index (χ1v) is 11.5. The van der Waals surface area contributed by atoms with E-state index in [0.29, 0.717) is 34.8 Å². The first-order chi connectivity index (χ1) is 16.8. The fraction of sp³-hybridized carbons (Fsp3) is 0.214. The van der Waals surface area contributed by atoms with Crippen LogP contribution in [0, 0.1) is 0 Å². The second-order valence-electron chi connectivity index (χ2n) is 8.71. The van der Waals surface area contributed by atoms with E-state index in [1.807, 2.05) is 68.7 Å². The summed E-state index contributed by atoms with van der Waals surface area (Å²) in [6.07, 6.45) is 0.940. The first kappa shape index (κ1) is 24.0. The second-order valence-corrected chi connectivity index (χ2v) is 8.71. The maximum atomic E-state index is 13.5. The highest BCUT2D eigenvalue weighted by molar-refractivity contribution is 6.43. The monoisotopic (exact) mass is 470 g/mol. The summed E-state index contributed by atoms with van der Waals surface area (Å²) in [4.78, 5) is 29.2. The van der Waals surface area contributed by atoms with Crippen LogP contribution in [-0.4, -0.2) is 44.0 Å². The van der Waals surface area contributed by atoms with Crippen LogP contribution in [0.25, 0.3) is 11.3 Å². The van der Waals surface area contributed by atoms with E-state index in [2.05, 4.69) is 10.2 Å². The zero-order valence-corrected chi connectivity index (χ0v) is 20.2. The Kier molecular flexibility index (Phi) is 7.17. The van der Waals surface area contributed by atoms with E-state index in [1.54, 1.807) is 18.2 Å². The van der Waals surface area contributed by atoms with Crippen molar-refractivity contribution in [3.05, 3.63) is 83.9 Å². The number of benzene rings is 3. The number of fused-ring (bicyclic) bond motifs is 1. The lowest BCUT2D eigenvalue weighted by atomic mass is 10.00. The zero-order valence-electron chi connectivity index (χ0n) is 20.2. The van der Waals surface area contributed by atoms with Gasteiger partial charge in [0.15, 0.2) is 0 Å². The van der Waals surface area contributed by atoms with Gasteiger partial charge in [-0.05, 0) is 68.5 Å². The number of nitrogens with one attached hydrogen (secondary N) is 1. The molecule has 0 saturated carbocycles. The van der Waals surface area contributed by atoms with Crippen LogP contribution in [0.15, 0.2) is 72.8 Å². The summed E-state index contributed by atoms with van der Waals surface area (Å²) >= 11 is 0. The zero-order chi connectivity index (χ0) is 24.9. The summed E-state index contributed by atoms with van der Waals surface area (Å²) in [5.74, 6) is 0.0362. The average molecular weight is 471 g/mol. The third-order valence-corrected chi connectivity index (χ3v) is 5.72. The Bertz CT molecular complexity index is 1250. The van der Waals surface area contributed by atoms with Crippen molar-refractivity contribution in [2.45, 2.75) is 13.3 Å². The molecule has 0 aromatic heterocycles. The Hall–Kier alpha value is -4.10. The van der Waals surface area contributed by atoms with Crippen LogP contribution >= 0.6 is 0 Å². The van der Waals surface area contributed by atoms with Crippen LogP contribution in [0.3, 0.4) is 0 Å². The van der Waals surface area contributed by atoms with Crippen molar-refractivity contribution in [1.82, 2.24) is 4.90 Å². The molecule has 0 saturated heterocycles. The Morgan fingerprint density at radius 2 is 1.74 bits per heavy atom. The van der Waals surface area contributed by atoms with Gasteiger partial charge in [-0.3, -0.25) is 9.59 Å². The van der Waals surface area contributed by atoms with Gasteiger partial charge >= 0.3 is 0 Å². The lowest BCUT2D eigenvalue weighted by molar-refractivity contribution is -0.122. The molecule has 3 aromatic carbocycles. The minimum absolute atomic E-state index is 0.361. The molecule has 1 heterocycles. The van der Waals surface area contributed by atoms with Crippen LogP contribution in [0.4, 0.5) is 17.1 Å². The summed E-state index contributed by atoms with van der Waals surface area (Å²) in [6.45, 7) is 2.98. The molecular formula is C28H30N4O3. The molecule has 3 N–H and O–H groups in total. The van der Waals surface area contributed by atoms with E-state index in [4.69, 9.17) is 10.5 Å². The summed E-state index contributed by atoms with van der Waals surface area (Å²) in [5.41, 5.74) is 10.3. The minimum atomic E-state index is -0.384. The fourth-order valence-electron chi connectivity index (χ4n) is 4.07. The third kappa shape index (κ3) is 5.36. The number of imide groups is 1. The highest BCUT2D eigenvalue weighted by atomic mass is 16.5. The molecule has 0 aliphatic carbocycles. The van der Waals surface area contributed by atoms with Crippen LogP contribution in [0.5, 0.6) is 5.75 Å². The summed E-state index contributed by atoms with van der Waals surface area (Å²) in [6, 6.07) is 22.4. The number of carbonyl (C=O) groups is 2. The molecule has 0 spiro atoms. The first-order valence-electron chi connectivity index (χ1n) is 11.5. The predicted molar refractivity (Wildman–Crippen MR) is 141 cm³/mol. The minimum Gasteiger partial charge on any atom is -0.494 e. The van der Waals surface area contributed by atoms with Gasteiger partial charge in [-0.2, -0.15) is 0 Å². The van der Waals surface area contributed by atoms with E-state index in [1.165, 1.54) is 11.8 Å². The molecule has 35 heavy (non-hydrogen) atoms. The molecule has 1 aliphatic rings. The smallest absolute Gasteiger partial charge is 0.267 e. The Morgan fingerprint density at radius 3 is 2.40 bits per heavy atom. The lowest BCUT2D eigenvalue weighted by Crippen LogP contribution is -2.31.